The zero-order valence-corrected chi connectivity index (χ0v) is 14.9. The molecule has 0 saturated carbocycles. The van der Waals surface area contributed by atoms with Crippen LogP contribution in [0.3, 0.4) is 0 Å². The van der Waals surface area contributed by atoms with E-state index in [-0.39, 0.29) is 0 Å². The molecule has 0 bridgehead atoms. The summed E-state index contributed by atoms with van der Waals surface area (Å²) in [6.45, 7) is 1.86. The predicted molar refractivity (Wildman–Crippen MR) is 101 cm³/mol. The van der Waals surface area contributed by atoms with Crippen molar-refractivity contribution in [1.82, 2.24) is 9.78 Å². The molecule has 4 nitrogen and oxygen atoms in total. The molecule has 0 amide bonds. The third kappa shape index (κ3) is 3.56. The summed E-state index contributed by atoms with van der Waals surface area (Å²) in [7, 11) is 0. The quantitative estimate of drug-likeness (QED) is 0.474. The van der Waals surface area contributed by atoms with E-state index in [2.05, 4.69) is 15.6 Å². The third-order valence-corrected chi connectivity index (χ3v) is 4.26. The highest BCUT2D eigenvalue weighted by molar-refractivity contribution is 6.34. The minimum Gasteiger partial charge on any atom is -0.278 e. The second kappa shape index (κ2) is 7.26. The van der Waals surface area contributed by atoms with Crippen LogP contribution in [0.15, 0.2) is 53.6 Å². The topological polar surface area (TPSA) is 42.2 Å². The summed E-state index contributed by atoms with van der Waals surface area (Å²) >= 11 is 18.6. The molecule has 0 aliphatic carbocycles. The average Bonchev–Trinajstić information content (AvgIpc) is 2.83. The molecule has 1 aromatic heterocycles. The maximum absolute atomic E-state index is 6.44. The van der Waals surface area contributed by atoms with Crippen molar-refractivity contribution in [3.8, 4) is 5.69 Å². The summed E-state index contributed by atoms with van der Waals surface area (Å²) in [6.07, 6.45) is 1.62. The highest BCUT2D eigenvalue weighted by Gasteiger charge is 2.14. The summed E-state index contributed by atoms with van der Waals surface area (Å²) in [5.41, 5.74) is 5.87. The fraction of sp³-hybridized carbons (Fsp3) is 0.0588. The highest BCUT2D eigenvalue weighted by Crippen LogP contribution is 2.26. The first-order valence-corrected chi connectivity index (χ1v) is 8.24. The van der Waals surface area contributed by atoms with Gasteiger partial charge in [0, 0.05) is 5.02 Å². The average molecular weight is 380 g/mol. The van der Waals surface area contributed by atoms with Crippen molar-refractivity contribution in [3.05, 3.63) is 75.0 Å². The van der Waals surface area contributed by atoms with Gasteiger partial charge in [0.05, 0.1) is 33.9 Å². The molecule has 7 heteroatoms. The van der Waals surface area contributed by atoms with Crippen LogP contribution in [0.1, 0.15) is 11.3 Å². The number of nitrogens with one attached hydrogen (secondary N) is 1. The van der Waals surface area contributed by atoms with E-state index in [1.165, 1.54) is 0 Å². The predicted octanol–water partition coefficient (Wildman–Crippen LogP) is 5.59. The van der Waals surface area contributed by atoms with E-state index in [1.54, 1.807) is 29.1 Å². The maximum atomic E-state index is 6.44. The number of anilines is 1. The molecule has 3 rings (SSSR count). The number of para-hydroxylation sites is 1. The molecule has 1 N–H and O–H groups in total. The lowest BCUT2D eigenvalue weighted by atomic mass is 10.3. The molecule has 2 aromatic carbocycles. The van der Waals surface area contributed by atoms with E-state index >= 15 is 0 Å². The van der Waals surface area contributed by atoms with Crippen molar-refractivity contribution < 1.29 is 0 Å². The molecule has 0 spiro atoms. The van der Waals surface area contributed by atoms with Crippen LogP contribution in [0, 0.1) is 6.92 Å². The van der Waals surface area contributed by atoms with Gasteiger partial charge in [-0.25, -0.2) is 4.68 Å². The maximum Gasteiger partial charge on any atom is 0.142 e. The number of rotatable bonds is 4. The number of aryl methyl sites for hydroxylation is 1. The Balaban J connectivity index is 1.87. The first-order chi connectivity index (χ1) is 11.6. The molecule has 0 aliphatic heterocycles. The second-order valence-corrected chi connectivity index (χ2v) is 6.24. The molecule has 24 heavy (non-hydrogen) atoms. The molecular formula is C17H13Cl3N4. The SMILES string of the molecule is Cc1nn(-c2ccccc2Cl)c(Cl)c1/C=N\Nc1cccc(Cl)c1. The van der Waals surface area contributed by atoms with Gasteiger partial charge in [-0.1, -0.05) is 53.0 Å². The van der Waals surface area contributed by atoms with Crippen molar-refractivity contribution in [2.24, 2.45) is 5.10 Å². The highest BCUT2D eigenvalue weighted by atomic mass is 35.5. The Morgan fingerprint density at radius 2 is 1.88 bits per heavy atom. The molecule has 0 saturated heterocycles. The van der Waals surface area contributed by atoms with Gasteiger partial charge in [-0.3, -0.25) is 5.43 Å². The number of hydrazone groups is 1. The monoisotopic (exact) mass is 378 g/mol. The van der Waals surface area contributed by atoms with Gasteiger partial charge in [0.1, 0.15) is 5.15 Å². The molecular weight excluding hydrogens is 367 g/mol. The Kier molecular flexibility index (Phi) is 5.09. The van der Waals surface area contributed by atoms with E-state index in [1.807, 2.05) is 37.3 Å². The largest absolute Gasteiger partial charge is 0.278 e. The number of aromatic nitrogens is 2. The number of halogens is 3. The lowest BCUT2D eigenvalue weighted by Gasteiger charge is -2.05. The van der Waals surface area contributed by atoms with Crippen LogP contribution in [0.5, 0.6) is 0 Å². The van der Waals surface area contributed by atoms with Crippen molar-refractivity contribution >= 4 is 46.7 Å². The van der Waals surface area contributed by atoms with Crippen LogP contribution >= 0.6 is 34.8 Å². The van der Waals surface area contributed by atoms with Crippen LogP contribution in [0.2, 0.25) is 15.2 Å². The first kappa shape index (κ1) is 16.8. The molecule has 0 aliphatic rings. The molecule has 0 fully saturated rings. The zero-order valence-electron chi connectivity index (χ0n) is 12.7. The molecule has 3 aromatic rings. The van der Waals surface area contributed by atoms with Crippen molar-refractivity contribution in [3.63, 3.8) is 0 Å². The third-order valence-electron chi connectivity index (χ3n) is 3.34. The van der Waals surface area contributed by atoms with Gasteiger partial charge in [0.25, 0.3) is 0 Å². The number of benzene rings is 2. The number of hydrogen-bond acceptors (Lipinski definition) is 3. The van der Waals surface area contributed by atoms with Crippen molar-refractivity contribution in [2.75, 3.05) is 5.43 Å². The van der Waals surface area contributed by atoms with Gasteiger partial charge in [0.15, 0.2) is 0 Å². The lowest BCUT2D eigenvalue weighted by molar-refractivity contribution is 0.863. The van der Waals surface area contributed by atoms with Gasteiger partial charge in [-0.15, -0.1) is 0 Å². The zero-order chi connectivity index (χ0) is 17.1. The second-order valence-electron chi connectivity index (χ2n) is 5.03. The van der Waals surface area contributed by atoms with Gasteiger partial charge < -0.3 is 0 Å². The fourth-order valence-corrected chi connectivity index (χ4v) is 2.89. The Labute approximate surface area is 154 Å². The summed E-state index contributed by atoms with van der Waals surface area (Å²) in [5.74, 6) is 0. The van der Waals surface area contributed by atoms with Crippen LogP contribution in [0.25, 0.3) is 5.69 Å². The van der Waals surface area contributed by atoms with Gasteiger partial charge >= 0.3 is 0 Å². The minimum atomic E-state index is 0.442. The summed E-state index contributed by atoms with van der Waals surface area (Å²) < 4.78 is 1.60. The van der Waals surface area contributed by atoms with Crippen molar-refractivity contribution in [2.45, 2.75) is 6.92 Å². The summed E-state index contributed by atoms with van der Waals surface area (Å²) in [5, 5.41) is 10.3. The fourth-order valence-electron chi connectivity index (χ4n) is 2.17. The Bertz CT molecular complexity index is 903. The molecule has 0 radical (unpaired) electrons. The Hall–Kier alpha value is -2.01. The standard InChI is InChI=1S/C17H13Cl3N4/c1-11-14(10-21-22-13-6-4-5-12(18)9-13)17(20)24(23-11)16-8-3-2-7-15(16)19/h2-10,22H,1H3/b21-10-. The minimum absolute atomic E-state index is 0.442. The summed E-state index contributed by atoms with van der Waals surface area (Å²) in [4.78, 5) is 0. The van der Waals surface area contributed by atoms with E-state index in [4.69, 9.17) is 34.8 Å². The van der Waals surface area contributed by atoms with Crippen LogP contribution in [0.4, 0.5) is 5.69 Å². The molecule has 0 unspecified atom stereocenters. The molecule has 0 atom stereocenters. The summed E-state index contributed by atoms with van der Waals surface area (Å²) in [6, 6.07) is 14.7. The van der Waals surface area contributed by atoms with Gasteiger partial charge in [0.2, 0.25) is 0 Å². The van der Waals surface area contributed by atoms with Crippen LogP contribution in [-0.2, 0) is 0 Å². The van der Waals surface area contributed by atoms with E-state index < -0.39 is 0 Å². The van der Waals surface area contributed by atoms with E-state index in [0.717, 1.165) is 17.1 Å². The smallest absolute Gasteiger partial charge is 0.142 e. The normalized spacial score (nSPS) is 11.2. The number of nitrogens with zero attached hydrogens (tertiary/aromatic N) is 3. The van der Waals surface area contributed by atoms with Crippen LogP contribution in [-0.4, -0.2) is 16.0 Å². The van der Waals surface area contributed by atoms with E-state index in [0.29, 0.717) is 20.8 Å². The lowest BCUT2D eigenvalue weighted by Crippen LogP contribution is -1.97. The number of hydrogen-bond donors (Lipinski definition) is 1. The van der Waals surface area contributed by atoms with Crippen LogP contribution < -0.4 is 5.43 Å². The molecule has 1 heterocycles. The van der Waals surface area contributed by atoms with Gasteiger partial charge in [-0.05, 0) is 37.3 Å². The Morgan fingerprint density at radius 1 is 1.08 bits per heavy atom. The first-order valence-electron chi connectivity index (χ1n) is 7.11. The van der Waals surface area contributed by atoms with E-state index in [9.17, 15) is 0 Å². The molecule has 122 valence electrons. The Morgan fingerprint density at radius 3 is 2.62 bits per heavy atom. The van der Waals surface area contributed by atoms with Crippen molar-refractivity contribution in [1.29, 1.82) is 0 Å². The van der Waals surface area contributed by atoms with Gasteiger partial charge in [-0.2, -0.15) is 10.2 Å².